The second-order valence-corrected chi connectivity index (χ2v) is 7.02. The first-order chi connectivity index (χ1) is 11.7. The highest BCUT2D eigenvalue weighted by Crippen LogP contribution is 2.40. The van der Waals surface area contributed by atoms with Crippen LogP contribution in [0.2, 0.25) is 0 Å². The molecule has 24 heavy (non-hydrogen) atoms. The molecule has 2 aromatic heterocycles. The Hall–Kier alpha value is -2.35. The van der Waals surface area contributed by atoms with Gasteiger partial charge in [-0.1, -0.05) is 23.0 Å². The van der Waals surface area contributed by atoms with Gasteiger partial charge in [0.2, 0.25) is 5.89 Å². The maximum absolute atomic E-state index is 5.40. The summed E-state index contributed by atoms with van der Waals surface area (Å²) in [6.07, 6.45) is 4.00. The Morgan fingerprint density at radius 2 is 2.25 bits per heavy atom. The largest absolute Gasteiger partial charge is 0.497 e. The molecule has 1 saturated carbocycles. The van der Waals surface area contributed by atoms with Crippen molar-refractivity contribution in [3.05, 3.63) is 42.3 Å². The minimum absolute atomic E-state index is 0.00134. The molecule has 0 N–H and O–H groups in total. The van der Waals surface area contributed by atoms with Crippen LogP contribution in [0.3, 0.4) is 0 Å². The molecule has 1 aliphatic rings. The summed E-state index contributed by atoms with van der Waals surface area (Å²) in [7, 11) is 1.65. The van der Waals surface area contributed by atoms with Gasteiger partial charge in [-0.15, -0.1) is 10.2 Å². The summed E-state index contributed by atoms with van der Waals surface area (Å²) in [5.41, 5.74) is 0.943. The van der Waals surface area contributed by atoms with Crippen molar-refractivity contribution in [2.24, 2.45) is 0 Å². The highest BCUT2D eigenvalue weighted by Gasteiger charge is 2.30. The number of rotatable bonds is 6. The number of aromatic nitrogens is 5. The third-order valence-corrected chi connectivity index (χ3v) is 4.92. The Morgan fingerprint density at radius 3 is 3.04 bits per heavy atom. The summed E-state index contributed by atoms with van der Waals surface area (Å²) in [6.45, 7) is 2.03. The van der Waals surface area contributed by atoms with E-state index in [0.717, 1.165) is 35.3 Å². The van der Waals surface area contributed by atoms with Gasteiger partial charge in [-0.2, -0.15) is 4.98 Å². The van der Waals surface area contributed by atoms with Crippen LogP contribution < -0.4 is 4.74 Å². The monoisotopic (exact) mass is 343 g/mol. The van der Waals surface area contributed by atoms with E-state index in [2.05, 4.69) is 20.3 Å². The number of ether oxygens (including phenoxy) is 1. The fraction of sp³-hybridized carbons (Fsp3) is 0.375. The lowest BCUT2D eigenvalue weighted by Gasteiger charge is -2.09. The van der Waals surface area contributed by atoms with Crippen molar-refractivity contribution in [3.8, 4) is 11.4 Å². The van der Waals surface area contributed by atoms with Gasteiger partial charge in [0.1, 0.15) is 12.1 Å². The van der Waals surface area contributed by atoms with Crippen LogP contribution in [-0.2, 0) is 0 Å². The Labute approximate surface area is 143 Å². The van der Waals surface area contributed by atoms with Crippen molar-refractivity contribution < 1.29 is 9.26 Å². The summed E-state index contributed by atoms with van der Waals surface area (Å²) in [4.78, 5) is 4.51. The van der Waals surface area contributed by atoms with E-state index in [1.165, 1.54) is 11.8 Å². The average molecular weight is 343 g/mol. The summed E-state index contributed by atoms with van der Waals surface area (Å²) in [5, 5.41) is 13.1. The first-order valence-electron chi connectivity index (χ1n) is 7.79. The molecule has 3 aromatic rings. The van der Waals surface area contributed by atoms with Gasteiger partial charge in [-0.25, -0.2) is 0 Å². The van der Waals surface area contributed by atoms with Gasteiger partial charge in [0.15, 0.2) is 11.0 Å². The van der Waals surface area contributed by atoms with Gasteiger partial charge in [0.05, 0.1) is 18.0 Å². The molecule has 2 heterocycles. The summed E-state index contributed by atoms with van der Waals surface area (Å²) in [6, 6.07) is 7.77. The molecule has 7 nitrogen and oxygen atoms in total. The first-order valence-corrected chi connectivity index (χ1v) is 8.67. The molecule has 1 aromatic carbocycles. The van der Waals surface area contributed by atoms with Crippen molar-refractivity contribution in [3.63, 3.8) is 0 Å². The molecule has 0 bridgehead atoms. The molecule has 8 heteroatoms. The zero-order chi connectivity index (χ0) is 16.5. The summed E-state index contributed by atoms with van der Waals surface area (Å²) in [5.74, 6) is 2.73. The Morgan fingerprint density at radius 1 is 1.38 bits per heavy atom. The van der Waals surface area contributed by atoms with Gasteiger partial charge in [-0.3, -0.25) is 4.57 Å². The highest BCUT2D eigenvalue weighted by molar-refractivity contribution is 7.99. The number of hydrogen-bond donors (Lipinski definition) is 0. The van der Waals surface area contributed by atoms with Gasteiger partial charge >= 0.3 is 0 Å². The minimum atomic E-state index is -0.00134. The van der Waals surface area contributed by atoms with Crippen LogP contribution in [0.4, 0.5) is 0 Å². The lowest BCUT2D eigenvalue weighted by molar-refractivity contribution is 0.374. The van der Waals surface area contributed by atoms with E-state index in [9.17, 15) is 0 Å². The minimum Gasteiger partial charge on any atom is -0.497 e. The third-order valence-electron chi connectivity index (χ3n) is 3.88. The second-order valence-electron chi connectivity index (χ2n) is 5.71. The van der Waals surface area contributed by atoms with Crippen LogP contribution >= 0.6 is 11.8 Å². The molecule has 1 aliphatic carbocycles. The molecule has 1 fully saturated rings. The summed E-state index contributed by atoms with van der Waals surface area (Å²) >= 11 is 1.54. The van der Waals surface area contributed by atoms with Gasteiger partial charge in [0.25, 0.3) is 0 Å². The Kier molecular flexibility index (Phi) is 3.97. The number of nitrogens with zero attached hydrogens (tertiary/aromatic N) is 5. The van der Waals surface area contributed by atoms with Gasteiger partial charge in [0, 0.05) is 12.0 Å². The molecular weight excluding hydrogens is 326 g/mol. The van der Waals surface area contributed by atoms with Crippen LogP contribution in [0.5, 0.6) is 5.75 Å². The van der Waals surface area contributed by atoms with Gasteiger partial charge in [-0.05, 0) is 31.9 Å². The molecule has 4 rings (SSSR count). The van der Waals surface area contributed by atoms with Crippen molar-refractivity contribution in [1.29, 1.82) is 0 Å². The maximum Gasteiger partial charge on any atom is 0.239 e. The fourth-order valence-electron chi connectivity index (χ4n) is 2.37. The van der Waals surface area contributed by atoms with E-state index in [1.807, 2.05) is 35.8 Å². The van der Waals surface area contributed by atoms with E-state index in [1.54, 1.807) is 13.4 Å². The normalized spacial score (nSPS) is 15.4. The standard InChI is InChI=1S/C16H17N5O2S/c1-10(15-18-14(20-23-15)11-6-7-11)24-16-19-17-9-21(16)12-4-3-5-13(8-12)22-2/h3-5,8-11H,6-7H2,1-2H3/t10-/m0/s1. The number of benzene rings is 1. The lowest BCUT2D eigenvalue weighted by atomic mass is 10.3. The predicted octanol–water partition coefficient (Wildman–Crippen LogP) is 3.39. The topological polar surface area (TPSA) is 78.9 Å². The predicted molar refractivity (Wildman–Crippen MR) is 88.5 cm³/mol. The smallest absolute Gasteiger partial charge is 0.239 e. The molecule has 0 unspecified atom stereocenters. The summed E-state index contributed by atoms with van der Waals surface area (Å²) < 4.78 is 12.6. The molecule has 124 valence electrons. The lowest BCUT2D eigenvalue weighted by Crippen LogP contribution is -1.98. The van der Waals surface area contributed by atoms with Crippen LogP contribution in [-0.4, -0.2) is 32.0 Å². The molecule has 0 amide bonds. The molecule has 0 radical (unpaired) electrons. The van der Waals surface area contributed by atoms with Crippen LogP contribution in [0.15, 0.2) is 40.3 Å². The zero-order valence-electron chi connectivity index (χ0n) is 13.4. The second kappa shape index (κ2) is 6.27. The SMILES string of the molecule is COc1cccc(-n2cnnc2S[C@@H](C)c2nc(C3CC3)no2)c1. The highest BCUT2D eigenvalue weighted by atomic mass is 32.2. The van der Waals surface area contributed by atoms with E-state index >= 15 is 0 Å². The molecule has 0 aliphatic heterocycles. The molecular formula is C16H17N5O2S. The van der Waals surface area contributed by atoms with E-state index in [0.29, 0.717) is 11.8 Å². The number of methoxy groups -OCH3 is 1. The van der Waals surface area contributed by atoms with Crippen molar-refractivity contribution in [2.45, 2.75) is 36.1 Å². The van der Waals surface area contributed by atoms with Gasteiger partial charge < -0.3 is 9.26 Å². The van der Waals surface area contributed by atoms with Crippen LogP contribution in [0.1, 0.15) is 42.6 Å². The number of thioether (sulfide) groups is 1. The van der Waals surface area contributed by atoms with E-state index in [-0.39, 0.29) is 5.25 Å². The molecule has 1 atom stereocenters. The molecule has 0 saturated heterocycles. The number of hydrogen-bond acceptors (Lipinski definition) is 7. The van der Waals surface area contributed by atoms with Crippen molar-refractivity contribution in [2.75, 3.05) is 7.11 Å². The van der Waals surface area contributed by atoms with Crippen molar-refractivity contribution >= 4 is 11.8 Å². The van der Waals surface area contributed by atoms with Crippen LogP contribution in [0.25, 0.3) is 5.69 Å². The zero-order valence-corrected chi connectivity index (χ0v) is 14.2. The quantitative estimate of drug-likeness (QED) is 0.635. The van der Waals surface area contributed by atoms with E-state index in [4.69, 9.17) is 9.26 Å². The van der Waals surface area contributed by atoms with E-state index < -0.39 is 0 Å². The Bertz CT molecular complexity index is 842. The third kappa shape index (κ3) is 3.01. The molecule has 0 spiro atoms. The van der Waals surface area contributed by atoms with Crippen LogP contribution in [0, 0.1) is 0 Å². The first kappa shape index (κ1) is 15.2. The Balaban J connectivity index is 1.55. The fourth-order valence-corrected chi connectivity index (χ4v) is 3.24. The van der Waals surface area contributed by atoms with Crippen molar-refractivity contribution in [1.82, 2.24) is 24.9 Å². The maximum atomic E-state index is 5.40. The average Bonchev–Trinajstić information content (AvgIpc) is 3.16.